The van der Waals surface area contributed by atoms with Crippen molar-refractivity contribution in [1.29, 1.82) is 0 Å². The number of hydrogen-bond donors (Lipinski definition) is 2. The lowest BCUT2D eigenvalue weighted by atomic mass is 9.78. The van der Waals surface area contributed by atoms with Gasteiger partial charge in [0.2, 0.25) is 0 Å². The second-order valence-corrected chi connectivity index (χ2v) is 4.91. The summed E-state index contributed by atoms with van der Waals surface area (Å²) < 4.78 is 5.84. The van der Waals surface area contributed by atoms with Gasteiger partial charge in [0.05, 0.1) is 6.04 Å². The fourth-order valence-corrected chi connectivity index (χ4v) is 2.91. The molecule has 1 fully saturated rings. The van der Waals surface area contributed by atoms with Crippen LogP contribution >= 0.6 is 0 Å². The molecular weight excluding hydrogens is 232 g/mol. The number of ether oxygens (including phenoxy) is 1. The SMILES string of the molecule is CC(=O)[C@H]1[C@H]2NC(=O)N[C@]1(C)Oc1ccccc12. The number of nitrogens with one attached hydrogen (secondary N) is 2. The fraction of sp³-hybridized carbons (Fsp3) is 0.385. The molecule has 94 valence electrons. The second kappa shape index (κ2) is 3.48. The highest BCUT2D eigenvalue weighted by Gasteiger charge is 2.54. The van der Waals surface area contributed by atoms with Crippen LogP contribution < -0.4 is 15.4 Å². The topological polar surface area (TPSA) is 67.4 Å². The van der Waals surface area contributed by atoms with Crippen molar-refractivity contribution < 1.29 is 14.3 Å². The minimum Gasteiger partial charge on any atom is -0.467 e. The van der Waals surface area contributed by atoms with E-state index in [-0.39, 0.29) is 17.9 Å². The van der Waals surface area contributed by atoms with E-state index < -0.39 is 11.6 Å². The van der Waals surface area contributed by atoms with E-state index in [1.807, 2.05) is 24.3 Å². The van der Waals surface area contributed by atoms with Gasteiger partial charge in [-0.15, -0.1) is 0 Å². The molecule has 3 atom stereocenters. The maximum absolute atomic E-state index is 11.9. The van der Waals surface area contributed by atoms with E-state index in [1.165, 1.54) is 6.92 Å². The lowest BCUT2D eigenvalue weighted by molar-refractivity contribution is -0.134. The minimum absolute atomic E-state index is 0.00972. The average Bonchev–Trinajstić information content (AvgIpc) is 2.26. The Balaban J connectivity index is 2.17. The summed E-state index contributed by atoms with van der Waals surface area (Å²) in [7, 11) is 0. The molecule has 0 unspecified atom stereocenters. The Bertz CT molecular complexity index is 543. The first-order valence-electron chi connectivity index (χ1n) is 5.88. The first-order chi connectivity index (χ1) is 8.51. The Labute approximate surface area is 105 Å². The molecule has 2 aliphatic heterocycles. The number of ketones is 1. The van der Waals surface area contributed by atoms with Crippen molar-refractivity contribution in [3.8, 4) is 5.75 Å². The van der Waals surface area contributed by atoms with Gasteiger partial charge in [0, 0.05) is 5.56 Å². The van der Waals surface area contributed by atoms with Crippen LogP contribution in [0.15, 0.2) is 24.3 Å². The number of Topliss-reactive ketones (excluding diaryl/α,β-unsaturated/α-hetero) is 1. The van der Waals surface area contributed by atoms with Gasteiger partial charge in [0.1, 0.15) is 17.5 Å². The molecule has 2 N–H and O–H groups in total. The maximum Gasteiger partial charge on any atom is 0.318 e. The standard InChI is InChI=1S/C13H14N2O3/c1-7(16)10-11-8-5-3-4-6-9(8)18-13(10,2)15-12(17)14-11/h3-6,10-11H,1-2H3,(H2,14,15,17)/t10-,11-,13+/m0/s1. The van der Waals surface area contributed by atoms with Gasteiger partial charge < -0.3 is 10.1 Å². The van der Waals surface area contributed by atoms with Crippen LogP contribution in [-0.2, 0) is 4.79 Å². The average molecular weight is 246 g/mol. The van der Waals surface area contributed by atoms with Gasteiger partial charge in [-0.05, 0) is 19.9 Å². The monoisotopic (exact) mass is 246 g/mol. The summed E-state index contributed by atoms with van der Waals surface area (Å²) in [6.45, 7) is 3.26. The van der Waals surface area contributed by atoms with Crippen molar-refractivity contribution in [2.75, 3.05) is 0 Å². The summed E-state index contributed by atoms with van der Waals surface area (Å²) in [5, 5.41) is 5.51. The number of hydrogen-bond acceptors (Lipinski definition) is 3. The first-order valence-corrected chi connectivity index (χ1v) is 5.88. The lowest BCUT2D eigenvalue weighted by Gasteiger charge is -2.49. The Hall–Kier alpha value is -2.04. The van der Waals surface area contributed by atoms with Crippen molar-refractivity contribution in [3.63, 3.8) is 0 Å². The quantitative estimate of drug-likeness (QED) is 0.786. The molecule has 2 bridgehead atoms. The predicted octanol–water partition coefficient (Wildman–Crippen LogP) is 1.35. The van der Waals surface area contributed by atoms with E-state index >= 15 is 0 Å². The van der Waals surface area contributed by atoms with Crippen LogP contribution in [0.5, 0.6) is 5.75 Å². The molecule has 2 aliphatic rings. The molecule has 1 aromatic rings. The summed E-state index contributed by atoms with van der Waals surface area (Å²) in [6.07, 6.45) is 0. The van der Waals surface area contributed by atoms with Crippen molar-refractivity contribution in [1.82, 2.24) is 10.6 Å². The zero-order valence-corrected chi connectivity index (χ0v) is 10.2. The number of urea groups is 1. The molecule has 2 heterocycles. The van der Waals surface area contributed by atoms with E-state index in [9.17, 15) is 9.59 Å². The second-order valence-electron chi connectivity index (χ2n) is 4.91. The van der Waals surface area contributed by atoms with E-state index in [0.29, 0.717) is 5.75 Å². The molecule has 0 radical (unpaired) electrons. The predicted molar refractivity (Wildman–Crippen MR) is 64.1 cm³/mol. The third kappa shape index (κ3) is 1.40. The summed E-state index contributed by atoms with van der Waals surface area (Å²) in [4.78, 5) is 23.5. The molecule has 0 aromatic heterocycles. The zero-order chi connectivity index (χ0) is 12.9. The van der Waals surface area contributed by atoms with Gasteiger partial charge in [-0.1, -0.05) is 18.2 Å². The van der Waals surface area contributed by atoms with Crippen LogP contribution in [0.1, 0.15) is 25.5 Å². The number of benzene rings is 1. The summed E-state index contributed by atoms with van der Waals surface area (Å²) in [5.41, 5.74) is -0.127. The molecule has 1 aromatic carbocycles. The highest BCUT2D eigenvalue weighted by molar-refractivity contribution is 5.86. The van der Waals surface area contributed by atoms with Crippen LogP contribution in [0.25, 0.3) is 0 Å². The normalized spacial score (nSPS) is 32.7. The van der Waals surface area contributed by atoms with Crippen molar-refractivity contribution in [2.24, 2.45) is 5.92 Å². The number of fused-ring (bicyclic) bond motifs is 4. The highest BCUT2D eigenvalue weighted by atomic mass is 16.5. The van der Waals surface area contributed by atoms with Crippen molar-refractivity contribution >= 4 is 11.8 Å². The molecule has 0 spiro atoms. The van der Waals surface area contributed by atoms with E-state index in [2.05, 4.69) is 10.6 Å². The zero-order valence-electron chi connectivity index (χ0n) is 10.2. The third-order valence-corrected chi connectivity index (χ3v) is 3.59. The van der Waals surface area contributed by atoms with Crippen molar-refractivity contribution in [3.05, 3.63) is 29.8 Å². The van der Waals surface area contributed by atoms with Crippen LogP contribution in [0, 0.1) is 5.92 Å². The molecule has 1 saturated heterocycles. The van der Waals surface area contributed by atoms with E-state index in [1.54, 1.807) is 6.92 Å². The molecule has 18 heavy (non-hydrogen) atoms. The van der Waals surface area contributed by atoms with Gasteiger partial charge >= 0.3 is 6.03 Å². The Morgan fingerprint density at radius 1 is 1.39 bits per heavy atom. The Kier molecular flexibility index (Phi) is 2.14. The van der Waals surface area contributed by atoms with Crippen LogP contribution in [0.4, 0.5) is 4.79 Å². The Morgan fingerprint density at radius 3 is 2.83 bits per heavy atom. The summed E-state index contributed by atoms with van der Waals surface area (Å²) in [5.74, 6) is 0.268. The number of carbonyl (C=O) groups is 2. The van der Waals surface area contributed by atoms with Gasteiger partial charge in [-0.25, -0.2) is 4.79 Å². The van der Waals surface area contributed by atoms with E-state index in [4.69, 9.17) is 4.74 Å². The largest absolute Gasteiger partial charge is 0.467 e. The number of carbonyl (C=O) groups excluding carboxylic acids is 2. The maximum atomic E-state index is 11.9. The molecule has 0 saturated carbocycles. The van der Waals surface area contributed by atoms with Gasteiger partial charge in [-0.2, -0.15) is 0 Å². The summed E-state index contributed by atoms with van der Waals surface area (Å²) >= 11 is 0. The van der Waals surface area contributed by atoms with E-state index in [0.717, 1.165) is 5.56 Å². The minimum atomic E-state index is -0.979. The number of amides is 2. The van der Waals surface area contributed by atoms with Gasteiger partial charge in [0.15, 0.2) is 5.72 Å². The third-order valence-electron chi connectivity index (χ3n) is 3.59. The number of rotatable bonds is 1. The smallest absolute Gasteiger partial charge is 0.318 e. The Morgan fingerprint density at radius 2 is 2.11 bits per heavy atom. The van der Waals surface area contributed by atoms with Crippen molar-refractivity contribution in [2.45, 2.75) is 25.6 Å². The molecule has 0 aliphatic carbocycles. The molecule has 2 amide bonds. The molecule has 5 heteroatoms. The highest BCUT2D eigenvalue weighted by Crippen LogP contribution is 2.44. The van der Waals surface area contributed by atoms with Crippen LogP contribution in [-0.4, -0.2) is 17.5 Å². The molecule has 3 rings (SSSR count). The van der Waals surface area contributed by atoms with Crippen LogP contribution in [0.3, 0.4) is 0 Å². The number of para-hydroxylation sites is 1. The lowest BCUT2D eigenvalue weighted by Crippen LogP contribution is -2.69. The fourth-order valence-electron chi connectivity index (χ4n) is 2.91. The first kappa shape index (κ1) is 11.1. The van der Waals surface area contributed by atoms with Gasteiger partial charge in [0.25, 0.3) is 0 Å². The van der Waals surface area contributed by atoms with Gasteiger partial charge in [-0.3, -0.25) is 10.1 Å². The summed E-state index contributed by atoms with van der Waals surface area (Å²) in [6, 6.07) is 6.82. The molecule has 5 nitrogen and oxygen atoms in total. The molecular formula is C13H14N2O3. The van der Waals surface area contributed by atoms with Crippen LogP contribution in [0.2, 0.25) is 0 Å².